The summed E-state index contributed by atoms with van der Waals surface area (Å²) in [4.78, 5) is 12.2. The van der Waals surface area contributed by atoms with Crippen LogP contribution >= 0.6 is 0 Å². The standard InChI is InChI=1S/C21H24O/c1-16(22)21-15-20(18-10-6-3-7-11-18)14-19(21)13-12-17-8-4-2-5-9-17/h2-11,19-21H,12-15H2,1H3/t19-,20?,21+/m0/s1/i15D,20D/t15?,19-,20?,21+. The number of carbonyl (C=O) groups is 1. The zero-order valence-electron chi connectivity index (χ0n) is 15.0. The predicted octanol–water partition coefficient (Wildman–Crippen LogP) is 5.02. The highest BCUT2D eigenvalue weighted by Gasteiger charge is 2.36. The van der Waals surface area contributed by atoms with E-state index in [1.807, 2.05) is 48.5 Å². The van der Waals surface area contributed by atoms with Crippen molar-refractivity contribution in [2.45, 2.75) is 38.5 Å². The van der Waals surface area contributed by atoms with E-state index in [0.717, 1.165) is 18.4 Å². The lowest BCUT2D eigenvalue weighted by Gasteiger charge is -2.16. The van der Waals surface area contributed by atoms with Crippen molar-refractivity contribution in [2.75, 3.05) is 0 Å². The van der Waals surface area contributed by atoms with Gasteiger partial charge in [0.15, 0.2) is 0 Å². The molecule has 0 amide bonds. The lowest BCUT2D eigenvalue weighted by Crippen LogP contribution is -2.16. The second kappa shape index (κ2) is 6.91. The van der Waals surface area contributed by atoms with Crippen LogP contribution in [0, 0.1) is 11.8 Å². The largest absolute Gasteiger partial charge is 0.300 e. The molecule has 0 radical (unpaired) electrons. The molecule has 0 N–H and O–H groups in total. The molecule has 0 spiro atoms. The van der Waals surface area contributed by atoms with E-state index in [1.165, 1.54) is 5.56 Å². The van der Waals surface area contributed by atoms with Crippen LogP contribution < -0.4 is 0 Å². The van der Waals surface area contributed by atoms with Crippen molar-refractivity contribution in [3.8, 4) is 0 Å². The normalized spacial score (nSPS) is 32.3. The molecule has 114 valence electrons. The van der Waals surface area contributed by atoms with Gasteiger partial charge in [-0.05, 0) is 55.5 Å². The molecule has 0 bridgehead atoms. The predicted molar refractivity (Wildman–Crippen MR) is 90.8 cm³/mol. The molecular weight excluding hydrogens is 268 g/mol. The lowest BCUT2D eigenvalue weighted by atomic mass is 9.88. The maximum absolute atomic E-state index is 12.2. The summed E-state index contributed by atoms with van der Waals surface area (Å²) in [6.45, 7) is 1.58. The molecular formula is C21H24O. The molecule has 1 saturated carbocycles. The molecule has 0 saturated heterocycles. The van der Waals surface area contributed by atoms with E-state index in [1.54, 1.807) is 6.92 Å². The van der Waals surface area contributed by atoms with Gasteiger partial charge in [0, 0.05) is 8.66 Å². The van der Waals surface area contributed by atoms with E-state index in [9.17, 15) is 4.79 Å². The second-order valence-corrected chi connectivity index (χ2v) is 6.18. The maximum atomic E-state index is 12.2. The van der Waals surface area contributed by atoms with Gasteiger partial charge in [-0.2, -0.15) is 0 Å². The SMILES string of the molecule is [2H]C1[C@H](C(C)=O)[C@@H](CCc2ccccc2)CC1([2H])c1ccccc1. The molecule has 1 fully saturated rings. The summed E-state index contributed by atoms with van der Waals surface area (Å²) in [5.74, 6) is -1.17. The van der Waals surface area contributed by atoms with Crippen LogP contribution in [0.1, 0.15) is 45.9 Å². The molecule has 2 aromatic rings. The Bertz CT molecular complexity index is 685. The van der Waals surface area contributed by atoms with Crippen molar-refractivity contribution in [1.29, 1.82) is 0 Å². The first kappa shape index (κ1) is 12.6. The molecule has 0 aliphatic heterocycles. The Balaban J connectivity index is 1.82. The van der Waals surface area contributed by atoms with Gasteiger partial charge < -0.3 is 0 Å². The Morgan fingerprint density at radius 1 is 1.14 bits per heavy atom. The fraction of sp³-hybridized carbons (Fsp3) is 0.381. The van der Waals surface area contributed by atoms with Crippen molar-refractivity contribution >= 4 is 5.78 Å². The van der Waals surface area contributed by atoms with Crippen LogP contribution in [-0.4, -0.2) is 5.78 Å². The van der Waals surface area contributed by atoms with Crippen LogP contribution in [0.2, 0.25) is 0 Å². The third-order valence-electron chi connectivity index (χ3n) is 4.63. The smallest absolute Gasteiger partial charge is 0.133 e. The van der Waals surface area contributed by atoms with Gasteiger partial charge in [0.05, 0.1) is 0 Å². The second-order valence-electron chi connectivity index (χ2n) is 6.18. The maximum Gasteiger partial charge on any atom is 0.133 e. The fourth-order valence-corrected chi connectivity index (χ4v) is 3.42. The van der Waals surface area contributed by atoms with Gasteiger partial charge in [0.1, 0.15) is 5.78 Å². The van der Waals surface area contributed by atoms with Crippen molar-refractivity contribution in [2.24, 2.45) is 11.8 Å². The molecule has 2 aromatic carbocycles. The third kappa shape index (κ3) is 3.47. The van der Waals surface area contributed by atoms with Gasteiger partial charge in [0.25, 0.3) is 0 Å². The van der Waals surface area contributed by atoms with Crippen molar-refractivity contribution in [3.63, 3.8) is 0 Å². The molecule has 22 heavy (non-hydrogen) atoms. The summed E-state index contributed by atoms with van der Waals surface area (Å²) in [7, 11) is 0. The number of hydrogen-bond donors (Lipinski definition) is 0. The molecule has 1 aliphatic rings. The highest BCUT2D eigenvalue weighted by Crippen LogP contribution is 2.44. The minimum atomic E-state index is -0.987. The Morgan fingerprint density at radius 2 is 1.77 bits per heavy atom. The summed E-state index contributed by atoms with van der Waals surface area (Å²) in [6, 6.07) is 19.9. The van der Waals surface area contributed by atoms with E-state index >= 15 is 0 Å². The first-order valence-corrected chi connectivity index (χ1v) is 8.04. The topological polar surface area (TPSA) is 17.1 Å². The monoisotopic (exact) mass is 294 g/mol. The highest BCUT2D eigenvalue weighted by molar-refractivity contribution is 5.79. The molecule has 3 rings (SSSR count). The fourth-order valence-electron chi connectivity index (χ4n) is 3.42. The average molecular weight is 294 g/mol. The lowest BCUT2D eigenvalue weighted by molar-refractivity contribution is -0.121. The van der Waals surface area contributed by atoms with E-state index in [0.29, 0.717) is 6.42 Å². The molecule has 0 heterocycles. The number of hydrogen-bond acceptors (Lipinski definition) is 1. The van der Waals surface area contributed by atoms with Crippen molar-refractivity contribution in [1.82, 2.24) is 0 Å². The molecule has 1 nitrogen and oxygen atoms in total. The van der Waals surface area contributed by atoms with E-state index in [4.69, 9.17) is 2.74 Å². The molecule has 4 atom stereocenters. The summed E-state index contributed by atoms with van der Waals surface area (Å²) in [5.41, 5.74) is 2.11. The first-order valence-electron chi connectivity index (χ1n) is 9.12. The van der Waals surface area contributed by atoms with Crippen molar-refractivity contribution in [3.05, 3.63) is 71.8 Å². The highest BCUT2D eigenvalue weighted by atomic mass is 16.1. The van der Waals surface area contributed by atoms with Gasteiger partial charge in [-0.15, -0.1) is 0 Å². The number of carbonyl (C=O) groups excluding carboxylic acids is 1. The number of benzene rings is 2. The summed E-state index contributed by atoms with van der Waals surface area (Å²) < 4.78 is 17.5. The first-order chi connectivity index (χ1) is 11.5. The van der Waals surface area contributed by atoms with Crippen LogP contribution in [0.5, 0.6) is 0 Å². The Morgan fingerprint density at radius 3 is 2.41 bits per heavy atom. The quantitative estimate of drug-likeness (QED) is 0.757. The zero-order chi connectivity index (χ0) is 17.2. The van der Waals surface area contributed by atoms with Gasteiger partial charge >= 0.3 is 0 Å². The summed E-state index contributed by atoms with van der Waals surface area (Å²) in [6.07, 6.45) is 1.64. The van der Waals surface area contributed by atoms with Crippen LogP contribution in [0.25, 0.3) is 0 Å². The van der Waals surface area contributed by atoms with Crippen LogP contribution in [-0.2, 0) is 11.2 Å². The number of rotatable bonds is 5. The van der Waals surface area contributed by atoms with Crippen LogP contribution in [0.3, 0.4) is 0 Å². The minimum absolute atomic E-state index is 0.0538. The van der Waals surface area contributed by atoms with Gasteiger partial charge in [-0.3, -0.25) is 4.79 Å². The van der Waals surface area contributed by atoms with E-state index in [-0.39, 0.29) is 17.6 Å². The van der Waals surface area contributed by atoms with Gasteiger partial charge in [-0.1, -0.05) is 60.7 Å². The van der Waals surface area contributed by atoms with E-state index in [2.05, 4.69) is 12.1 Å². The zero-order valence-corrected chi connectivity index (χ0v) is 13.0. The van der Waals surface area contributed by atoms with Crippen molar-refractivity contribution < 1.29 is 7.54 Å². The Kier molecular flexibility index (Phi) is 3.97. The Labute approximate surface area is 136 Å². The molecule has 1 aliphatic carbocycles. The summed E-state index contributed by atoms with van der Waals surface area (Å²) in [5, 5.41) is 0. The summed E-state index contributed by atoms with van der Waals surface area (Å²) >= 11 is 0. The third-order valence-corrected chi connectivity index (χ3v) is 4.63. The molecule has 2 unspecified atom stereocenters. The number of aryl methyl sites for hydroxylation is 1. The number of ketones is 1. The number of Topliss-reactive ketones (excluding diaryl/α,β-unsaturated/α-hetero) is 1. The van der Waals surface area contributed by atoms with Gasteiger partial charge in [-0.25, -0.2) is 0 Å². The molecule has 1 heteroatoms. The van der Waals surface area contributed by atoms with Gasteiger partial charge in [0.2, 0.25) is 0 Å². The van der Waals surface area contributed by atoms with Crippen LogP contribution in [0.15, 0.2) is 60.7 Å². The van der Waals surface area contributed by atoms with Crippen LogP contribution in [0.4, 0.5) is 0 Å². The Hall–Kier alpha value is -1.89. The van der Waals surface area contributed by atoms with E-state index < -0.39 is 12.3 Å². The average Bonchev–Trinajstić information content (AvgIpc) is 2.87. The molecule has 0 aromatic heterocycles. The minimum Gasteiger partial charge on any atom is -0.300 e.